The average Bonchev–Trinajstić information content (AvgIpc) is 2.56. The lowest BCUT2D eigenvalue weighted by atomic mass is 10.1. The summed E-state index contributed by atoms with van der Waals surface area (Å²) in [6, 6.07) is 6.36. The molecule has 0 bridgehead atoms. The van der Waals surface area contributed by atoms with Crippen LogP contribution in [-0.2, 0) is 9.84 Å². The molecule has 23 heavy (non-hydrogen) atoms. The molecule has 1 unspecified atom stereocenters. The van der Waals surface area contributed by atoms with Crippen molar-refractivity contribution in [2.24, 2.45) is 0 Å². The summed E-state index contributed by atoms with van der Waals surface area (Å²) >= 11 is 5.67. The van der Waals surface area contributed by atoms with E-state index in [0.717, 1.165) is 30.3 Å². The Balaban J connectivity index is 2.02. The molecule has 1 atom stereocenters. The molecule has 0 saturated carbocycles. The van der Waals surface area contributed by atoms with Gasteiger partial charge in [-0.15, -0.1) is 0 Å². The van der Waals surface area contributed by atoms with Gasteiger partial charge in [-0.1, -0.05) is 11.6 Å². The van der Waals surface area contributed by atoms with E-state index < -0.39 is 37.5 Å². The Kier molecular flexibility index (Phi) is 3.58. The Hall–Kier alpha value is -1.77. The zero-order valence-electron chi connectivity index (χ0n) is 11.1. The van der Waals surface area contributed by atoms with E-state index in [0.29, 0.717) is 0 Å². The van der Waals surface area contributed by atoms with Crippen LogP contribution in [0.1, 0.15) is 11.7 Å². The zero-order chi connectivity index (χ0) is 17.0. The summed E-state index contributed by atoms with van der Waals surface area (Å²) in [5, 5.41) is 5.31. The first kappa shape index (κ1) is 16.1. The molecule has 122 valence electrons. The Morgan fingerprint density at radius 2 is 1.83 bits per heavy atom. The van der Waals surface area contributed by atoms with Crippen LogP contribution in [0.4, 0.5) is 13.2 Å². The van der Waals surface area contributed by atoms with Gasteiger partial charge in [0.05, 0.1) is 4.90 Å². The van der Waals surface area contributed by atoms with E-state index in [-0.39, 0.29) is 16.5 Å². The lowest BCUT2D eigenvalue weighted by Crippen LogP contribution is -2.28. The first-order valence-corrected chi connectivity index (χ1v) is 8.07. The smallest absolute Gasteiger partial charge is 0.379 e. The normalized spacial score (nSPS) is 21.0. The second-order valence-corrected chi connectivity index (χ2v) is 7.30. The van der Waals surface area contributed by atoms with Gasteiger partial charge in [0.2, 0.25) is 9.84 Å². The number of aliphatic hydroxyl groups is 1. The van der Waals surface area contributed by atoms with E-state index in [1.54, 1.807) is 0 Å². The number of sulfone groups is 1. The van der Waals surface area contributed by atoms with Crippen molar-refractivity contribution in [3.8, 4) is 11.5 Å². The average molecular weight is 365 g/mol. The summed E-state index contributed by atoms with van der Waals surface area (Å²) in [5.74, 6) is -0.711. The van der Waals surface area contributed by atoms with Crippen molar-refractivity contribution < 1.29 is 31.4 Å². The van der Waals surface area contributed by atoms with Crippen molar-refractivity contribution in [1.82, 2.24) is 0 Å². The lowest BCUT2D eigenvalue weighted by Gasteiger charge is -2.12. The molecule has 1 aliphatic rings. The maximum atomic E-state index is 13.6. The van der Waals surface area contributed by atoms with E-state index in [1.807, 2.05) is 0 Å². The molecule has 4 nitrogen and oxygen atoms in total. The summed E-state index contributed by atoms with van der Waals surface area (Å²) < 4.78 is 69.1. The number of fused-ring (bicyclic) bond motifs is 1. The number of aliphatic hydroxyl groups excluding tert-OH is 1. The van der Waals surface area contributed by atoms with Gasteiger partial charge in [-0.3, -0.25) is 0 Å². The van der Waals surface area contributed by atoms with Gasteiger partial charge >= 0.3 is 5.25 Å². The number of halogens is 4. The van der Waals surface area contributed by atoms with Crippen molar-refractivity contribution in [1.29, 1.82) is 0 Å². The SMILES string of the molecule is O=S1(=O)c2ccc(Oc3cc(F)cc(Cl)c3)cc2C(O)C1(F)F. The first-order valence-electron chi connectivity index (χ1n) is 6.21. The fraction of sp³-hybridized carbons (Fsp3) is 0.143. The highest BCUT2D eigenvalue weighted by Gasteiger charge is 2.60. The summed E-state index contributed by atoms with van der Waals surface area (Å²) in [4.78, 5) is -0.667. The molecule has 0 fully saturated rings. The summed E-state index contributed by atoms with van der Waals surface area (Å²) in [6.07, 6.45) is -2.50. The van der Waals surface area contributed by atoms with Crippen LogP contribution in [-0.4, -0.2) is 18.8 Å². The van der Waals surface area contributed by atoms with Crippen molar-refractivity contribution in [2.45, 2.75) is 16.3 Å². The summed E-state index contributed by atoms with van der Waals surface area (Å²) in [7, 11) is -4.96. The Morgan fingerprint density at radius 3 is 2.48 bits per heavy atom. The fourth-order valence-corrected chi connectivity index (χ4v) is 3.90. The number of hydrogen-bond donors (Lipinski definition) is 1. The third kappa shape index (κ3) is 2.46. The van der Waals surface area contributed by atoms with Crippen LogP contribution in [0, 0.1) is 5.82 Å². The van der Waals surface area contributed by atoms with Gasteiger partial charge in [0.1, 0.15) is 17.3 Å². The van der Waals surface area contributed by atoms with Crippen molar-refractivity contribution in [3.63, 3.8) is 0 Å². The minimum atomic E-state index is -4.96. The highest BCUT2D eigenvalue weighted by atomic mass is 35.5. The third-order valence-electron chi connectivity index (χ3n) is 3.31. The van der Waals surface area contributed by atoms with Gasteiger partial charge in [-0.25, -0.2) is 12.8 Å². The maximum Gasteiger partial charge on any atom is 0.379 e. The fourth-order valence-electron chi connectivity index (χ4n) is 2.25. The minimum Gasteiger partial charge on any atom is -0.457 e. The molecule has 1 aliphatic heterocycles. The van der Waals surface area contributed by atoms with Crippen molar-refractivity contribution >= 4 is 21.4 Å². The molecule has 3 rings (SSSR count). The minimum absolute atomic E-state index is 0.00273. The van der Waals surface area contributed by atoms with Gasteiger partial charge in [0.25, 0.3) is 0 Å². The van der Waals surface area contributed by atoms with Crippen LogP contribution in [0.5, 0.6) is 11.5 Å². The maximum absolute atomic E-state index is 13.6. The zero-order valence-corrected chi connectivity index (χ0v) is 12.7. The highest BCUT2D eigenvalue weighted by Crippen LogP contribution is 2.50. The molecule has 1 heterocycles. The third-order valence-corrected chi connectivity index (χ3v) is 5.42. The molecule has 0 spiro atoms. The highest BCUT2D eigenvalue weighted by molar-refractivity contribution is 7.92. The van der Waals surface area contributed by atoms with Crippen molar-refractivity contribution in [2.75, 3.05) is 0 Å². The van der Waals surface area contributed by atoms with E-state index in [1.165, 1.54) is 6.07 Å². The van der Waals surface area contributed by atoms with Crippen LogP contribution < -0.4 is 4.74 Å². The first-order chi connectivity index (χ1) is 10.6. The summed E-state index contributed by atoms with van der Waals surface area (Å²) in [6.45, 7) is 0. The van der Waals surface area contributed by atoms with Gasteiger partial charge in [-0.2, -0.15) is 8.78 Å². The number of rotatable bonds is 2. The molecule has 2 aromatic rings. The molecule has 0 radical (unpaired) electrons. The van der Waals surface area contributed by atoms with Crippen LogP contribution in [0.25, 0.3) is 0 Å². The van der Waals surface area contributed by atoms with E-state index in [4.69, 9.17) is 16.3 Å². The van der Waals surface area contributed by atoms with Gasteiger partial charge in [0.15, 0.2) is 6.10 Å². The van der Waals surface area contributed by atoms with E-state index in [9.17, 15) is 26.7 Å². The predicted molar refractivity (Wildman–Crippen MR) is 75.0 cm³/mol. The number of hydrogen-bond acceptors (Lipinski definition) is 4. The Labute approximate surface area is 134 Å². The molecule has 2 aromatic carbocycles. The van der Waals surface area contributed by atoms with Crippen molar-refractivity contribution in [3.05, 3.63) is 52.8 Å². The monoisotopic (exact) mass is 364 g/mol. The van der Waals surface area contributed by atoms with E-state index in [2.05, 4.69) is 0 Å². The molecule has 0 amide bonds. The largest absolute Gasteiger partial charge is 0.457 e. The van der Waals surface area contributed by atoms with Gasteiger partial charge in [0, 0.05) is 16.7 Å². The van der Waals surface area contributed by atoms with Crippen LogP contribution in [0.15, 0.2) is 41.3 Å². The quantitative estimate of drug-likeness (QED) is 0.882. The topological polar surface area (TPSA) is 63.6 Å². The Bertz CT molecular complexity index is 879. The van der Waals surface area contributed by atoms with Crippen LogP contribution in [0.2, 0.25) is 5.02 Å². The Morgan fingerprint density at radius 1 is 1.13 bits per heavy atom. The molecular formula is C14H8ClF3O4S. The number of benzene rings is 2. The standard InChI is InChI=1S/C14H8ClF3O4S/c15-7-3-8(16)5-10(4-7)22-9-1-2-12-11(6-9)13(19)14(17,18)23(12,20)21/h1-6,13,19H. The molecule has 1 N–H and O–H groups in total. The van der Waals surface area contributed by atoms with Crippen LogP contribution >= 0.6 is 11.6 Å². The van der Waals surface area contributed by atoms with E-state index >= 15 is 0 Å². The molecule has 0 aromatic heterocycles. The number of ether oxygens (including phenoxy) is 1. The van der Waals surface area contributed by atoms with Crippen LogP contribution in [0.3, 0.4) is 0 Å². The molecule has 9 heteroatoms. The predicted octanol–water partition coefficient (Wildman–Crippen LogP) is 3.68. The molecular weight excluding hydrogens is 357 g/mol. The molecule has 0 aliphatic carbocycles. The number of alkyl halides is 2. The van der Waals surface area contributed by atoms with Gasteiger partial charge in [-0.05, 0) is 30.3 Å². The molecule has 0 saturated heterocycles. The second-order valence-electron chi connectivity index (χ2n) is 4.87. The second kappa shape index (κ2) is 5.12. The summed E-state index contributed by atoms with van der Waals surface area (Å²) in [5.41, 5.74) is -0.477. The van der Waals surface area contributed by atoms with Gasteiger partial charge < -0.3 is 9.84 Å². The lowest BCUT2D eigenvalue weighted by molar-refractivity contribution is -0.0376.